The number of hydrogen-bond acceptors (Lipinski definition) is 2. The molecule has 0 heterocycles. The second-order valence-corrected chi connectivity index (χ2v) is 7.33. The summed E-state index contributed by atoms with van der Waals surface area (Å²) in [5, 5.41) is 16.8. The molecule has 1 aliphatic carbocycles. The number of nitrogens with one attached hydrogen (secondary N) is 2. The van der Waals surface area contributed by atoms with E-state index in [0.29, 0.717) is 5.56 Å². The Kier molecular flexibility index (Phi) is 4.51. The van der Waals surface area contributed by atoms with Gasteiger partial charge in [0.05, 0.1) is 5.54 Å². The molecule has 0 aromatic heterocycles. The van der Waals surface area contributed by atoms with Gasteiger partial charge in [-0.05, 0) is 53.4 Å². The molecule has 28 heavy (non-hydrogen) atoms. The largest absolute Gasteiger partial charge is 0.465 e. The second-order valence-electron chi connectivity index (χ2n) is 7.33. The Morgan fingerprint density at radius 3 is 2.43 bits per heavy atom. The molecule has 0 radical (unpaired) electrons. The third kappa shape index (κ3) is 3.43. The van der Waals surface area contributed by atoms with Crippen LogP contribution in [0.5, 0.6) is 0 Å². The molecule has 2 atom stereocenters. The molecule has 3 aromatic carbocycles. The van der Waals surface area contributed by atoms with Crippen LogP contribution in [0, 0.1) is 0 Å². The Labute approximate surface area is 163 Å². The number of fused-ring (bicyclic) bond motifs is 1. The highest BCUT2D eigenvalue weighted by Gasteiger charge is 2.54. The summed E-state index contributed by atoms with van der Waals surface area (Å²) >= 11 is 0. The van der Waals surface area contributed by atoms with Crippen molar-refractivity contribution in [1.29, 1.82) is 0 Å². The van der Waals surface area contributed by atoms with Crippen LogP contribution in [0.1, 0.15) is 41.6 Å². The fourth-order valence-corrected chi connectivity index (χ4v) is 3.91. The van der Waals surface area contributed by atoms with Crippen molar-refractivity contribution in [2.24, 2.45) is 0 Å². The number of amides is 2. The Morgan fingerprint density at radius 2 is 1.75 bits per heavy atom. The van der Waals surface area contributed by atoms with Gasteiger partial charge in [0, 0.05) is 17.2 Å². The summed E-state index contributed by atoms with van der Waals surface area (Å²) in [4.78, 5) is 23.6. The van der Waals surface area contributed by atoms with E-state index in [-0.39, 0.29) is 17.4 Å². The van der Waals surface area contributed by atoms with Gasteiger partial charge in [-0.2, -0.15) is 0 Å². The monoisotopic (exact) mass is 374 g/mol. The summed E-state index contributed by atoms with van der Waals surface area (Å²) in [7, 11) is 0. The second kappa shape index (κ2) is 7.00. The molecule has 0 saturated heterocycles. The SMILES string of the molecule is CCC1(NC(=O)O)CC1c1ccc(NC(=O)c2ccc3ccccc3c2)cc1. The van der Waals surface area contributed by atoms with Crippen molar-refractivity contribution in [3.63, 3.8) is 0 Å². The van der Waals surface area contributed by atoms with Gasteiger partial charge in [-0.1, -0.05) is 49.4 Å². The first-order valence-electron chi connectivity index (χ1n) is 9.42. The summed E-state index contributed by atoms with van der Waals surface area (Å²) in [6.07, 6.45) is 0.576. The minimum Gasteiger partial charge on any atom is -0.465 e. The van der Waals surface area contributed by atoms with Crippen molar-refractivity contribution in [3.8, 4) is 0 Å². The van der Waals surface area contributed by atoms with Gasteiger partial charge >= 0.3 is 6.09 Å². The zero-order valence-electron chi connectivity index (χ0n) is 15.6. The average Bonchev–Trinajstić information content (AvgIpc) is 3.41. The maximum absolute atomic E-state index is 12.6. The van der Waals surface area contributed by atoms with Crippen LogP contribution in [0.15, 0.2) is 66.7 Å². The van der Waals surface area contributed by atoms with E-state index in [1.807, 2.05) is 73.7 Å². The van der Waals surface area contributed by atoms with E-state index in [4.69, 9.17) is 5.11 Å². The minimum atomic E-state index is -0.983. The van der Waals surface area contributed by atoms with Crippen LogP contribution in [0.3, 0.4) is 0 Å². The van der Waals surface area contributed by atoms with Gasteiger partial charge in [0.15, 0.2) is 0 Å². The lowest BCUT2D eigenvalue weighted by Gasteiger charge is -2.15. The molecule has 5 nitrogen and oxygen atoms in total. The van der Waals surface area contributed by atoms with Gasteiger partial charge in [0.25, 0.3) is 5.91 Å². The smallest absolute Gasteiger partial charge is 0.405 e. The fourth-order valence-electron chi connectivity index (χ4n) is 3.91. The molecule has 0 spiro atoms. The molecule has 4 rings (SSSR count). The predicted octanol–water partition coefficient (Wildman–Crippen LogP) is 5.00. The highest BCUT2D eigenvalue weighted by Crippen LogP contribution is 2.53. The molecule has 2 unspecified atom stereocenters. The van der Waals surface area contributed by atoms with Gasteiger partial charge in [-0.3, -0.25) is 4.79 Å². The fraction of sp³-hybridized carbons (Fsp3) is 0.217. The molecule has 3 N–H and O–H groups in total. The zero-order valence-corrected chi connectivity index (χ0v) is 15.6. The van der Waals surface area contributed by atoms with E-state index in [9.17, 15) is 9.59 Å². The summed E-state index contributed by atoms with van der Waals surface area (Å²) < 4.78 is 0. The molecule has 1 fully saturated rings. The number of carbonyl (C=O) groups excluding carboxylic acids is 1. The molecule has 3 aromatic rings. The quantitative estimate of drug-likeness (QED) is 0.588. The van der Waals surface area contributed by atoms with Gasteiger partial charge in [0.1, 0.15) is 0 Å². The van der Waals surface area contributed by atoms with E-state index >= 15 is 0 Å². The lowest BCUT2D eigenvalue weighted by Crippen LogP contribution is -2.36. The number of benzene rings is 3. The first-order chi connectivity index (χ1) is 13.5. The molecule has 5 heteroatoms. The molecular formula is C23H22N2O3. The summed E-state index contributed by atoms with van der Waals surface area (Å²) in [5.74, 6) is 0.0270. The zero-order chi connectivity index (χ0) is 19.7. The molecule has 2 amide bonds. The molecule has 1 aliphatic rings. The number of hydrogen-bond donors (Lipinski definition) is 3. The predicted molar refractivity (Wildman–Crippen MR) is 110 cm³/mol. The topological polar surface area (TPSA) is 78.4 Å². The van der Waals surface area contributed by atoms with Crippen LogP contribution in [0.25, 0.3) is 10.8 Å². The van der Waals surface area contributed by atoms with E-state index in [2.05, 4.69) is 10.6 Å². The van der Waals surface area contributed by atoms with Crippen molar-refractivity contribution in [2.75, 3.05) is 5.32 Å². The summed E-state index contributed by atoms with van der Waals surface area (Å²) in [6.45, 7) is 1.99. The third-order valence-corrected chi connectivity index (χ3v) is 5.64. The van der Waals surface area contributed by atoms with E-state index in [1.165, 1.54) is 0 Å². The van der Waals surface area contributed by atoms with E-state index in [1.54, 1.807) is 0 Å². The number of rotatable bonds is 5. The molecule has 1 saturated carbocycles. The highest BCUT2D eigenvalue weighted by atomic mass is 16.4. The summed E-state index contributed by atoms with van der Waals surface area (Å²) in [6, 6.07) is 21.2. The molecular weight excluding hydrogens is 352 g/mol. The van der Waals surface area contributed by atoms with Gasteiger partial charge in [0.2, 0.25) is 0 Å². The van der Waals surface area contributed by atoms with Gasteiger partial charge in [-0.15, -0.1) is 0 Å². The Bertz CT molecular complexity index is 1050. The number of anilines is 1. The van der Waals surface area contributed by atoms with E-state index < -0.39 is 6.09 Å². The van der Waals surface area contributed by atoms with Gasteiger partial charge < -0.3 is 15.7 Å². The first kappa shape index (κ1) is 18.0. The summed E-state index contributed by atoms with van der Waals surface area (Å²) in [5.41, 5.74) is 2.05. The number of carbonyl (C=O) groups is 2. The van der Waals surface area contributed by atoms with Crippen LogP contribution >= 0.6 is 0 Å². The number of carboxylic acid groups (broad SMARTS) is 1. The maximum Gasteiger partial charge on any atom is 0.405 e. The van der Waals surface area contributed by atoms with Crippen LogP contribution in [-0.2, 0) is 0 Å². The maximum atomic E-state index is 12.6. The lowest BCUT2D eigenvalue weighted by molar-refractivity contribution is 0.102. The van der Waals surface area contributed by atoms with Crippen molar-refractivity contribution in [2.45, 2.75) is 31.2 Å². The lowest BCUT2D eigenvalue weighted by atomic mass is 10.0. The Balaban J connectivity index is 1.45. The van der Waals surface area contributed by atoms with Crippen molar-refractivity contribution < 1.29 is 14.7 Å². The van der Waals surface area contributed by atoms with Crippen molar-refractivity contribution >= 4 is 28.5 Å². The van der Waals surface area contributed by atoms with Crippen LogP contribution < -0.4 is 10.6 Å². The highest BCUT2D eigenvalue weighted by molar-refractivity contribution is 6.06. The van der Waals surface area contributed by atoms with Gasteiger partial charge in [-0.25, -0.2) is 4.79 Å². The van der Waals surface area contributed by atoms with Crippen LogP contribution in [0.2, 0.25) is 0 Å². The molecule has 0 aliphatic heterocycles. The first-order valence-corrected chi connectivity index (χ1v) is 9.42. The van der Waals surface area contributed by atoms with Crippen LogP contribution in [-0.4, -0.2) is 22.6 Å². The molecule has 142 valence electrons. The van der Waals surface area contributed by atoms with Crippen molar-refractivity contribution in [3.05, 3.63) is 77.9 Å². The van der Waals surface area contributed by atoms with E-state index in [0.717, 1.165) is 34.9 Å². The molecule has 0 bridgehead atoms. The van der Waals surface area contributed by atoms with Crippen LogP contribution in [0.4, 0.5) is 10.5 Å². The third-order valence-electron chi connectivity index (χ3n) is 5.64. The Morgan fingerprint density at radius 1 is 1.04 bits per heavy atom. The Hall–Kier alpha value is -3.34. The van der Waals surface area contributed by atoms with Crippen molar-refractivity contribution in [1.82, 2.24) is 5.32 Å². The normalized spacial score (nSPS) is 20.5. The average molecular weight is 374 g/mol. The standard InChI is InChI=1S/C23H22N2O3/c1-2-23(25-22(27)28)14-20(23)16-9-11-19(12-10-16)24-21(26)18-8-7-15-5-3-4-6-17(15)13-18/h3-13,20,25H,2,14H2,1H3,(H,24,26)(H,27,28). The minimum absolute atomic E-state index is 0.152.